The molecule has 0 amide bonds. The third-order valence-electron chi connectivity index (χ3n) is 4.16. The highest BCUT2D eigenvalue weighted by atomic mass is 16.4. The van der Waals surface area contributed by atoms with Gasteiger partial charge in [-0.2, -0.15) is 0 Å². The number of carboxylic acid groups (broad SMARTS) is 1. The Labute approximate surface area is 115 Å². The predicted octanol–water partition coefficient (Wildman–Crippen LogP) is 2.00. The number of nitrogens with zero attached hydrogens (tertiary/aromatic N) is 2. The van der Waals surface area contributed by atoms with Gasteiger partial charge in [0.05, 0.1) is 0 Å². The number of carbonyl (C=O) groups is 1. The van der Waals surface area contributed by atoms with Gasteiger partial charge in [-0.1, -0.05) is 12.8 Å². The van der Waals surface area contributed by atoms with Crippen molar-refractivity contribution in [2.45, 2.75) is 45.4 Å². The first kappa shape index (κ1) is 12.9. The van der Waals surface area contributed by atoms with Gasteiger partial charge in [-0.05, 0) is 32.6 Å². The van der Waals surface area contributed by atoms with Gasteiger partial charge in [0.25, 0.3) is 5.56 Å². The lowest BCUT2D eigenvalue weighted by Crippen LogP contribution is -2.24. The number of aromatic nitrogens is 3. The van der Waals surface area contributed by atoms with Gasteiger partial charge in [-0.25, -0.2) is 14.3 Å². The molecule has 0 unspecified atom stereocenters. The van der Waals surface area contributed by atoms with Gasteiger partial charge in [0, 0.05) is 17.0 Å². The highest BCUT2D eigenvalue weighted by Gasteiger charge is 2.26. The third-order valence-corrected chi connectivity index (χ3v) is 4.16. The molecular formula is C14H17N3O3. The van der Waals surface area contributed by atoms with Crippen LogP contribution >= 0.6 is 0 Å². The lowest BCUT2D eigenvalue weighted by atomic mass is 9.97. The summed E-state index contributed by atoms with van der Waals surface area (Å²) in [7, 11) is 0. The van der Waals surface area contributed by atoms with E-state index < -0.39 is 5.97 Å². The van der Waals surface area contributed by atoms with Crippen LogP contribution in [0.2, 0.25) is 0 Å². The second-order valence-corrected chi connectivity index (χ2v) is 5.47. The molecule has 3 rings (SSSR count). The minimum absolute atomic E-state index is 0.0724. The van der Waals surface area contributed by atoms with Crippen molar-refractivity contribution in [2.24, 2.45) is 0 Å². The van der Waals surface area contributed by atoms with Crippen LogP contribution < -0.4 is 5.56 Å². The van der Waals surface area contributed by atoms with Crippen LogP contribution in [0, 0.1) is 13.8 Å². The summed E-state index contributed by atoms with van der Waals surface area (Å²) in [5.41, 5.74) is 1.96. The van der Waals surface area contributed by atoms with Crippen LogP contribution in [0.3, 0.4) is 0 Å². The summed E-state index contributed by atoms with van der Waals surface area (Å²) >= 11 is 0. The van der Waals surface area contributed by atoms with Crippen molar-refractivity contribution in [2.75, 3.05) is 0 Å². The number of hydrogen-bond donors (Lipinski definition) is 2. The van der Waals surface area contributed by atoms with Gasteiger partial charge in [-0.3, -0.25) is 9.89 Å². The Bertz CT molecular complexity index is 751. The minimum Gasteiger partial charge on any atom is -0.477 e. The minimum atomic E-state index is -1.07. The summed E-state index contributed by atoms with van der Waals surface area (Å²) in [4.78, 5) is 28.3. The molecule has 2 N–H and O–H groups in total. The summed E-state index contributed by atoms with van der Waals surface area (Å²) in [6.07, 6.45) is 4.29. The average molecular weight is 275 g/mol. The topological polar surface area (TPSA) is 87.5 Å². The number of aromatic carboxylic acids is 1. The van der Waals surface area contributed by atoms with Crippen LogP contribution in [-0.2, 0) is 0 Å². The van der Waals surface area contributed by atoms with Crippen molar-refractivity contribution in [1.29, 1.82) is 0 Å². The Kier molecular flexibility index (Phi) is 2.88. The lowest BCUT2D eigenvalue weighted by molar-refractivity contribution is 0.0698. The monoisotopic (exact) mass is 275 g/mol. The zero-order valence-electron chi connectivity index (χ0n) is 11.6. The molecule has 1 fully saturated rings. The Morgan fingerprint density at radius 2 is 2.00 bits per heavy atom. The van der Waals surface area contributed by atoms with Crippen molar-refractivity contribution in [3.05, 3.63) is 32.9 Å². The standard InChI is InChI=1S/C14H17N3O3/c1-7-10(9-5-3-4-6-9)13(18)17-12(15-7)11(14(19)20)8(2)16-17/h9,16H,3-6H2,1-2H3,(H,19,20). The van der Waals surface area contributed by atoms with Crippen molar-refractivity contribution >= 4 is 11.6 Å². The normalized spacial score (nSPS) is 16.1. The maximum atomic E-state index is 12.6. The molecule has 1 aliphatic rings. The van der Waals surface area contributed by atoms with E-state index in [-0.39, 0.29) is 22.7 Å². The molecule has 6 nitrogen and oxygen atoms in total. The van der Waals surface area contributed by atoms with E-state index in [2.05, 4.69) is 10.1 Å². The van der Waals surface area contributed by atoms with E-state index in [4.69, 9.17) is 0 Å². The van der Waals surface area contributed by atoms with E-state index in [1.54, 1.807) is 13.8 Å². The molecule has 1 aliphatic carbocycles. The van der Waals surface area contributed by atoms with E-state index in [1.807, 2.05) is 0 Å². The molecule has 2 aromatic heterocycles. The fourth-order valence-corrected chi connectivity index (χ4v) is 3.24. The first-order valence-electron chi connectivity index (χ1n) is 6.86. The highest BCUT2D eigenvalue weighted by Crippen LogP contribution is 2.33. The number of aromatic amines is 1. The Morgan fingerprint density at radius 3 is 2.60 bits per heavy atom. The largest absolute Gasteiger partial charge is 0.477 e. The molecule has 0 radical (unpaired) electrons. The second kappa shape index (κ2) is 4.47. The van der Waals surface area contributed by atoms with Crippen LogP contribution in [0.25, 0.3) is 5.65 Å². The number of nitrogens with one attached hydrogen (secondary N) is 1. The summed E-state index contributed by atoms with van der Waals surface area (Å²) in [5, 5.41) is 12.1. The maximum absolute atomic E-state index is 12.6. The number of H-pyrrole nitrogens is 1. The Balaban J connectivity index is 2.31. The fourth-order valence-electron chi connectivity index (χ4n) is 3.24. The maximum Gasteiger partial charge on any atom is 0.341 e. The smallest absolute Gasteiger partial charge is 0.341 e. The molecule has 1 saturated carbocycles. The molecule has 0 spiro atoms. The molecule has 106 valence electrons. The van der Waals surface area contributed by atoms with E-state index in [0.29, 0.717) is 11.4 Å². The molecule has 2 heterocycles. The van der Waals surface area contributed by atoms with Crippen molar-refractivity contribution in [3.63, 3.8) is 0 Å². The van der Waals surface area contributed by atoms with Crippen LogP contribution in [0.1, 0.15) is 58.9 Å². The van der Waals surface area contributed by atoms with Gasteiger partial charge in [0.1, 0.15) is 5.56 Å². The molecule has 20 heavy (non-hydrogen) atoms. The molecule has 0 atom stereocenters. The second-order valence-electron chi connectivity index (χ2n) is 5.47. The molecule has 2 aromatic rings. The van der Waals surface area contributed by atoms with Crippen molar-refractivity contribution in [1.82, 2.24) is 14.6 Å². The van der Waals surface area contributed by atoms with Crippen LogP contribution in [0.15, 0.2) is 4.79 Å². The zero-order chi connectivity index (χ0) is 14.4. The Hall–Kier alpha value is -2.11. The molecule has 0 aliphatic heterocycles. The number of rotatable bonds is 2. The number of carboxylic acids is 1. The number of aryl methyl sites for hydroxylation is 2. The van der Waals surface area contributed by atoms with Gasteiger partial charge < -0.3 is 5.11 Å². The molecular weight excluding hydrogens is 258 g/mol. The number of hydrogen-bond acceptors (Lipinski definition) is 3. The molecule has 0 bridgehead atoms. The van der Waals surface area contributed by atoms with Gasteiger partial charge >= 0.3 is 5.97 Å². The first-order valence-corrected chi connectivity index (χ1v) is 6.86. The van der Waals surface area contributed by atoms with Gasteiger partial charge in [-0.15, -0.1) is 0 Å². The van der Waals surface area contributed by atoms with E-state index in [9.17, 15) is 14.7 Å². The molecule has 0 aromatic carbocycles. The van der Waals surface area contributed by atoms with Crippen molar-refractivity contribution in [3.8, 4) is 0 Å². The van der Waals surface area contributed by atoms with Gasteiger partial charge in [0.15, 0.2) is 5.65 Å². The summed E-state index contributed by atoms with van der Waals surface area (Å²) in [5.74, 6) is -0.815. The average Bonchev–Trinajstić information content (AvgIpc) is 2.96. The van der Waals surface area contributed by atoms with E-state index in [1.165, 1.54) is 4.52 Å². The Morgan fingerprint density at radius 1 is 1.35 bits per heavy atom. The van der Waals surface area contributed by atoms with Crippen molar-refractivity contribution < 1.29 is 9.90 Å². The predicted molar refractivity (Wildman–Crippen MR) is 73.5 cm³/mol. The molecule has 6 heteroatoms. The summed E-state index contributed by atoms with van der Waals surface area (Å²) < 4.78 is 1.28. The van der Waals surface area contributed by atoms with Crippen LogP contribution in [0.5, 0.6) is 0 Å². The van der Waals surface area contributed by atoms with E-state index >= 15 is 0 Å². The SMILES string of the molecule is Cc1nc2c(C(=O)O)c(C)[nH]n2c(=O)c1C1CCCC1. The highest BCUT2D eigenvalue weighted by molar-refractivity contribution is 5.95. The van der Waals surface area contributed by atoms with Crippen LogP contribution in [-0.4, -0.2) is 25.7 Å². The number of fused-ring (bicyclic) bond motifs is 1. The lowest BCUT2D eigenvalue weighted by Gasteiger charge is -2.11. The molecule has 0 saturated heterocycles. The summed E-state index contributed by atoms with van der Waals surface area (Å²) in [6.45, 7) is 3.44. The summed E-state index contributed by atoms with van der Waals surface area (Å²) in [6, 6.07) is 0. The van der Waals surface area contributed by atoms with Crippen LogP contribution in [0.4, 0.5) is 0 Å². The van der Waals surface area contributed by atoms with E-state index in [0.717, 1.165) is 31.2 Å². The van der Waals surface area contributed by atoms with Gasteiger partial charge in [0.2, 0.25) is 0 Å². The quantitative estimate of drug-likeness (QED) is 0.877. The third kappa shape index (κ3) is 1.75. The first-order chi connectivity index (χ1) is 9.50. The fraction of sp³-hybridized carbons (Fsp3) is 0.500. The zero-order valence-corrected chi connectivity index (χ0v) is 11.6.